The molecule has 0 saturated heterocycles. The fourth-order valence-corrected chi connectivity index (χ4v) is 4.59. The molecule has 0 bridgehead atoms. The number of nitrogens with zero attached hydrogens (tertiary/aromatic N) is 2. The zero-order valence-corrected chi connectivity index (χ0v) is 22.6. The van der Waals surface area contributed by atoms with Gasteiger partial charge in [-0.15, -0.1) is 0 Å². The van der Waals surface area contributed by atoms with Crippen LogP contribution in [-0.2, 0) is 6.18 Å². The monoisotopic (exact) mass is 649 g/mol. The van der Waals surface area contributed by atoms with Crippen LogP contribution in [0.15, 0.2) is 53.1 Å². The summed E-state index contributed by atoms with van der Waals surface area (Å²) in [5.74, 6) is -6.35. The number of amides is 2. The molecule has 2 aromatic carbocycles. The number of anilines is 2. The molecule has 1 aliphatic rings. The third-order valence-electron chi connectivity index (χ3n) is 6.52. The van der Waals surface area contributed by atoms with Crippen molar-refractivity contribution in [2.45, 2.75) is 38.0 Å². The average Bonchev–Trinajstić information content (AvgIpc) is 3.71. The third-order valence-corrected chi connectivity index (χ3v) is 7.14. The molecule has 0 aliphatic heterocycles. The predicted octanol–water partition coefficient (Wildman–Crippen LogP) is 8.12. The zero-order chi connectivity index (χ0) is 30.3. The highest BCUT2D eigenvalue weighted by atomic mass is 79.9. The molecule has 1 aromatic heterocycles. The first kappa shape index (κ1) is 30.4. The normalized spacial score (nSPS) is 14.5. The van der Waals surface area contributed by atoms with Crippen molar-refractivity contribution in [2.24, 2.45) is 5.92 Å². The van der Waals surface area contributed by atoms with Gasteiger partial charge in [0.25, 0.3) is 11.8 Å². The summed E-state index contributed by atoms with van der Waals surface area (Å²) in [4.78, 5) is 30.7. The van der Waals surface area contributed by atoms with Crippen LogP contribution in [0.3, 0.4) is 0 Å². The van der Waals surface area contributed by atoms with Gasteiger partial charge in [-0.05, 0) is 83.6 Å². The van der Waals surface area contributed by atoms with E-state index in [2.05, 4.69) is 20.9 Å². The highest BCUT2D eigenvalue weighted by Crippen LogP contribution is 2.44. The molecule has 41 heavy (non-hydrogen) atoms. The van der Waals surface area contributed by atoms with E-state index in [1.165, 1.54) is 12.1 Å². The van der Waals surface area contributed by atoms with Crippen LogP contribution in [0.25, 0.3) is 0 Å². The van der Waals surface area contributed by atoms with Crippen molar-refractivity contribution in [1.29, 1.82) is 0 Å². The van der Waals surface area contributed by atoms with Crippen molar-refractivity contribution in [3.63, 3.8) is 0 Å². The topological polar surface area (TPSA) is 62.3 Å². The third kappa shape index (κ3) is 6.85. The maximum absolute atomic E-state index is 15.7. The molecule has 5 nitrogen and oxygen atoms in total. The smallest absolute Gasteiger partial charge is 0.320 e. The van der Waals surface area contributed by atoms with E-state index in [-0.39, 0.29) is 29.8 Å². The molecule has 1 N–H and O–H groups in total. The Hall–Kier alpha value is -3.55. The van der Waals surface area contributed by atoms with Gasteiger partial charge in [-0.25, -0.2) is 9.37 Å². The van der Waals surface area contributed by atoms with Crippen LogP contribution in [0.4, 0.5) is 46.5 Å². The van der Waals surface area contributed by atoms with Gasteiger partial charge in [0.1, 0.15) is 0 Å². The summed E-state index contributed by atoms with van der Waals surface area (Å²) in [5, 5.41) is 1.95. The van der Waals surface area contributed by atoms with Crippen LogP contribution in [0.5, 0.6) is 0 Å². The molecule has 0 radical (unpaired) electrons. The van der Waals surface area contributed by atoms with Gasteiger partial charge in [0.2, 0.25) is 5.95 Å². The molecule has 3 aromatic rings. The Kier molecular flexibility index (Phi) is 8.44. The summed E-state index contributed by atoms with van der Waals surface area (Å²) >= 11 is 2.81. The maximum Gasteiger partial charge on any atom is 0.418 e. The summed E-state index contributed by atoms with van der Waals surface area (Å²) in [5.41, 5.74) is -4.31. The molecule has 14 heteroatoms. The first-order chi connectivity index (χ1) is 19.1. The minimum Gasteiger partial charge on any atom is -0.320 e. The minimum absolute atomic E-state index is 0.0344. The molecule has 1 atom stereocenters. The fourth-order valence-electron chi connectivity index (χ4n) is 4.01. The van der Waals surface area contributed by atoms with Gasteiger partial charge in [-0.1, -0.05) is 6.07 Å². The first-order valence-corrected chi connectivity index (χ1v) is 12.9. The quantitative estimate of drug-likeness (QED) is 0.208. The van der Waals surface area contributed by atoms with Crippen LogP contribution < -0.4 is 10.2 Å². The number of rotatable bonds is 7. The second-order valence-corrected chi connectivity index (χ2v) is 10.4. The van der Waals surface area contributed by atoms with Crippen molar-refractivity contribution < 1.29 is 44.7 Å². The van der Waals surface area contributed by atoms with Gasteiger partial charge in [0.15, 0.2) is 5.82 Å². The number of aromatic nitrogens is 1. The highest BCUT2D eigenvalue weighted by molar-refractivity contribution is 9.10. The summed E-state index contributed by atoms with van der Waals surface area (Å²) in [6.07, 6.45) is -7.53. The van der Waals surface area contributed by atoms with E-state index >= 15 is 4.39 Å². The first-order valence-electron chi connectivity index (χ1n) is 12.1. The Bertz CT molecular complexity index is 1470. The molecule has 1 saturated carbocycles. The van der Waals surface area contributed by atoms with Crippen molar-refractivity contribution in [2.75, 3.05) is 16.8 Å². The Morgan fingerprint density at radius 2 is 1.76 bits per heavy atom. The van der Waals surface area contributed by atoms with Gasteiger partial charge in [-0.2, -0.15) is 30.7 Å². The Morgan fingerprint density at radius 1 is 1.07 bits per heavy atom. The Balaban J connectivity index is 1.71. The number of nitrogens with one attached hydrogen (secondary N) is 1. The number of halogens is 9. The largest absolute Gasteiger partial charge is 0.418 e. The number of pyridine rings is 1. The zero-order valence-electron chi connectivity index (χ0n) is 21.0. The van der Waals surface area contributed by atoms with Crippen molar-refractivity contribution in [3.05, 3.63) is 87.2 Å². The number of hydrogen-bond acceptors (Lipinski definition) is 3. The van der Waals surface area contributed by atoms with Crippen molar-refractivity contribution in [3.8, 4) is 0 Å². The molecule has 2 amide bonds. The Morgan fingerprint density at radius 3 is 2.32 bits per heavy atom. The van der Waals surface area contributed by atoms with E-state index in [0.29, 0.717) is 6.92 Å². The number of carbonyl (C=O) groups is 2. The SMILES string of the molecule is CC(c1cc(Br)c(NC(=O)c2cccc(N(CC3CC3)C(=O)c3ccc(F)nc3)c2F)c(C(F)(F)F)c1)C(F)(F)F. The molecular weight excluding hydrogens is 630 g/mol. The van der Waals surface area contributed by atoms with Gasteiger partial charge in [-0.3, -0.25) is 9.59 Å². The molecule has 1 unspecified atom stereocenters. The van der Waals surface area contributed by atoms with Crippen LogP contribution in [0, 0.1) is 17.7 Å². The maximum atomic E-state index is 15.7. The van der Waals surface area contributed by atoms with E-state index in [1.807, 2.05) is 5.32 Å². The molecule has 1 heterocycles. The van der Waals surface area contributed by atoms with Gasteiger partial charge in [0, 0.05) is 17.2 Å². The van der Waals surface area contributed by atoms with Crippen LogP contribution in [0.1, 0.15) is 57.5 Å². The van der Waals surface area contributed by atoms with E-state index in [0.717, 1.165) is 48.2 Å². The molecule has 1 aliphatic carbocycles. The van der Waals surface area contributed by atoms with Gasteiger partial charge < -0.3 is 10.2 Å². The Labute approximate surface area is 236 Å². The van der Waals surface area contributed by atoms with E-state index < -0.39 is 68.7 Å². The molecule has 1 fully saturated rings. The molecule has 4 rings (SSSR count). The minimum atomic E-state index is -5.18. The lowest BCUT2D eigenvalue weighted by Crippen LogP contribution is -2.34. The number of hydrogen-bond donors (Lipinski definition) is 1. The standard InChI is InChI=1S/C27H20BrF8N3O2/c1-13(26(31,32)33)16-9-18(27(34,35)36)23(19(28)10-16)38-24(40)17-3-2-4-20(22(17)30)39(12-14-5-6-14)25(41)15-7-8-21(29)37-11-15/h2-4,7-11,13-14H,5-6,12H2,1H3,(H,38,40). The fraction of sp³-hybridized carbons (Fsp3) is 0.296. The van der Waals surface area contributed by atoms with Gasteiger partial charge in [0.05, 0.1) is 34.0 Å². The average molecular weight is 650 g/mol. The van der Waals surface area contributed by atoms with Gasteiger partial charge >= 0.3 is 12.4 Å². The molecule has 0 spiro atoms. The van der Waals surface area contributed by atoms with E-state index in [1.54, 1.807) is 0 Å². The predicted molar refractivity (Wildman–Crippen MR) is 137 cm³/mol. The number of benzene rings is 2. The second-order valence-electron chi connectivity index (χ2n) is 9.51. The summed E-state index contributed by atoms with van der Waals surface area (Å²) in [6, 6.07) is 6.57. The summed E-state index contributed by atoms with van der Waals surface area (Å²) < 4.78 is 110. The lowest BCUT2D eigenvalue weighted by molar-refractivity contribution is -0.147. The summed E-state index contributed by atoms with van der Waals surface area (Å²) in [6.45, 7) is 0.749. The van der Waals surface area contributed by atoms with Crippen molar-refractivity contribution >= 4 is 39.1 Å². The number of carbonyl (C=O) groups excluding carboxylic acids is 2. The van der Waals surface area contributed by atoms with E-state index in [9.17, 15) is 40.3 Å². The molecular formula is C27H20BrF8N3O2. The van der Waals surface area contributed by atoms with Crippen LogP contribution in [0.2, 0.25) is 0 Å². The lowest BCUT2D eigenvalue weighted by atomic mass is 9.97. The lowest BCUT2D eigenvalue weighted by Gasteiger charge is -2.24. The molecule has 218 valence electrons. The number of alkyl halides is 6. The summed E-state index contributed by atoms with van der Waals surface area (Å²) in [7, 11) is 0. The van der Waals surface area contributed by atoms with Crippen LogP contribution in [-0.4, -0.2) is 29.5 Å². The highest BCUT2D eigenvalue weighted by Gasteiger charge is 2.41. The van der Waals surface area contributed by atoms with Crippen molar-refractivity contribution in [1.82, 2.24) is 4.98 Å². The van der Waals surface area contributed by atoms with E-state index in [4.69, 9.17) is 0 Å². The van der Waals surface area contributed by atoms with Crippen LogP contribution >= 0.6 is 15.9 Å². The second kappa shape index (κ2) is 11.4.